The maximum atomic E-state index is 13.5. The number of piperidine rings is 1. The summed E-state index contributed by atoms with van der Waals surface area (Å²) in [5.74, 6) is 1.35. The average molecular weight is 464 g/mol. The first-order valence-corrected chi connectivity index (χ1v) is 10.5. The van der Waals surface area contributed by atoms with E-state index < -0.39 is 11.6 Å². The van der Waals surface area contributed by atoms with Crippen LogP contribution in [-0.4, -0.2) is 55.3 Å². The van der Waals surface area contributed by atoms with Crippen LogP contribution in [0, 0.1) is 0 Å². The summed E-state index contributed by atoms with van der Waals surface area (Å²) in [6.45, 7) is 4.81. The molecule has 3 heterocycles. The van der Waals surface area contributed by atoms with Crippen molar-refractivity contribution in [3.05, 3.63) is 47.5 Å². The summed E-state index contributed by atoms with van der Waals surface area (Å²) in [7, 11) is 0. The summed E-state index contributed by atoms with van der Waals surface area (Å²) in [4.78, 5) is 15.7. The molecule has 1 unspecified atom stereocenters. The van der Waals surface area contributed by atoms with Gasteiger partial charge in [-0.3, -0.25) is 4.90 Å². The van der Waals surface area contributed by atoms with E-state index in [0.717, 1.165) is 25.9 Å². The number of aliphatic hydroxyl groups is 1. The molecule has 1 N–H and O–H groups in total. The van der Waals surface area contributed by atoms with Crippen molar-refractivity contribution in [3.8, 4) is 23.0 Å². The van der Waals surface area contributed by atoms with Gasteiger partial charge in [-0.1, -0.05) is 19.1 Å². The third-order valence-electron chi connectivity index (χ3n) is 6.06. The Morgan fingerprint density at radius 3 is 2.16 bits per heavy atom. The fourth-order valence-corrected chi connectivity index (χ4v) is 4.28. The van der Waals surface area contributed by atoms with Gasteiger partial charge in [-0.15, -0.1) is 12.4 Å². The van der Waals surface area contributed by atoms with Gasteiger partial charge in [0.15, 0.2) is 23.0 Å². The third kappa shape index (κ3) is 3.94. The number of hydrogen-bond donors (Lipinski definition) is 1. The second-order valence-corrected chi connectivity index (χ2v) is 7.91. The molecule has 0 bridgehead atoms. The lowest BCUT2D eigenvalue weighted by Gasteiger charge is -2.34. The Bertz CT molecular complexity index is 941. The Morgan fingerprint density at radius 1 is 1.03 bits per heavy atom. The van der Waals surface area contributed by atoms with Crippen molar-refractivity contribution in [2.75, 3.05) is 33.2 Å². The number of fused-ring (bicyclic) bond motifs is 2. The Balaban J connectivity index is 0.00000245. The molecule has 5 rings (SSSR count). The van der Waals surface area contributed by atoms with Crippen LogP contribution in [0.5, 0.6) is 23.0 Å². The molecule has 0 saturated carbocycles. The SMILES string of the molecule is CCN1CCCC(OC(=O)C(O)(c2ccc3c(c2)OCO3)c2ccc3c(c2)OCO3)C1.Cl. The number of likely N-dealkylation sites (tertiary alicyclic amines) is 1. The highest BCUT2D eigenvalue weighted by molar-refractivity contribution is 5.86. The molecule has 172 valence electrons. The Kier molecular flexibility index (Phi) is 6.37. The van der Waals surface area contributed by atoms with Crippen LogP contribution in [0.1, 0.15) is 30.9 Å². The summed E-state index contributed by atoms with van der Waals surface area (Å²) in [5.41, 5.74) is -1.37. The zero-order valence-corrected chi connectivity index (χ0v) is 18.6. The summed E-state index contributed by atoms with van der Waals surface area (Å²) >= 11 is 0. The largest absolute Gasteiger partial charge is 0.458 e. The number of carbonyl (C=O) groups excluding carboxylic acids is 1. The second kappa shape index (κ2) is 9.05. The number of nitrogens with zero attached hydrogens (tertiary/aromatic N) is 1. The average Bonchev–Trinajstić information content (AvgIpc) is 3.46. The standard InChI is InChI=1S/C23H25NO7.ClH/c1-2-24-9-3-4-17(12-24)31-22(25)23(26,15-5-7-18-20(10-15)29-13-27-18)16-6-8-19-21(11-16)30-14-28-19;/h5-8,10-11,17,26H,2-4,9,12-14H2,1H3;1H. The third-order valence-corrected chi connectivity index (χ3v) is 6.06. The Hall–Kier alpha value is -2.68. The number of hydrogen-bond acceptors (Lipinski definition) is 8. The van der Waals surface area contributed by atoms with Gasteiger partial charge in [0.25, 0.3) is 0 Å². The fraction of sp³-hybridized carbons (Fsp3) is 0.435. The maximum absolute atomic E-state index is 13.5. The number of halogens is 1. The van der Waals surface area contributed by atoms with E-state index in [1.165, 1.54) is 0 Å². The number of ether oxygens (including phenoxy) is 5. The van der Waals surface area contributed by atoms with Crippen LogP contribution in [0.15, 0.2) is 36.4 Å². The van der Waals surface area contributed by atoms with Gasteiger partial charge in [0.1, 0.15) is 6.10 Å². The topological polar surface area (TPSA) is 86.7 Å². The lowest BCUT2D eigenvalue weighted by atomic mass is 9.85. The number of esters is 1. The van der Waals surface area contributed by atoms with E-state index in [2.05, 4.69) is 11.8 Å². The maximum Gasteiger partial charge on any atom is 0.348 e. The van der Waals surface area contributed by atoms with Crippen LogP contribution in [0.3, 0.4) is 0 Å². The molecular weight excluding hydrogens is 438 g/mol. The number of carbonyl (C=O) groups is 1. The van der Waals surface area contributed by atoms with Gasteiger partial charge in [-0.05, 0) is 50.2 Å². The molecule has 0 aliphatic carbocycles. The predicted octanol–water partition coefficient (Wildman–Crippen LogP) is 2.83. The molecule has 0 radical (unpaired) electrons. The van der Waals surface area contributed by atoms with E-state index in [1.807, 2.05) is 0 Å². The van der Waals surface area contributed by atoms with Crippen LogP contribution in [0.2, 0.25) is 0 Å². The summed E-state index contributed by atoms with van der Waals surface area (Å²) in [6, 6.07) is 9.91. The van der Waals surface area contributed by atoms with Gasteiger partial charge in [0.2, 0.25) is 19.2 Å². The molecule has 1 saturated heterocycles. The van der Waals surface area contributed by atoms with E-state index in [4.69, 9.17) is 23.7 Å². The molecule has 9 heteroatoms. The molecule has 0 amide bonds. The van der Waals surface area contributed by atoms with Crippen LogP contribution in [0.4, 0.5) is 0 Å². The second-order valence-electron chi connectivity index (χ2n) is 7.91. The lowest BCUT2D eigenvalue weighted by Crippen LogP contribution is -2.45. The van der Waals surface area contributed by atoms with Crippen molar-refractivity contribution in [3.63, 3.8) is 0 Å². The van der Waals surface area contributed by atoms with Crippen LogP contribution >= 0.6 is 12.4 Å². The molecule has 2 aromatic carbocycles. The molecule has 0 aromatic heterocycles. The molecule has 3 aliphatic heterocycles. The van der Waals surface area contributed by atoms with E-state index in [1.54, 1.807) is 36.4 Å². The highest BCUT2D eigenvalue weighted by Crippen LogP contribution is 2.42. The van der Waals surface area contributed by atoms with Crippen molar-refractivity contribution in [2.24, 2.45) is 0 Å². The van der Waals surface area contributed by atoms with Crippen molar-refractivity contribution in [2.45, 2.75) is 31.5 Å². The lowest BCUT2D eigenvalue weighted by molar-refractivity contribution is -0.170. The summed E-state index contributed by atoms with van der Waals surface area (Å²) in [6.07, 6.45) is 1.43. The molecule has 8 nitrogen and oxygen atoms in total. The van der Waals surface area contributed by atoms with Crippen LogP contribution in [-0.2, 0) is 15.1 Å². The van der Waals surface area contributed by atoms with Crippen molar-refractivity contribution < 1.29 is 33.6 Å². The fourth-order valence-electron chi connectivity index (χ4n) is 4.28. The first kappa shape index (κ1) is 22.5. The molecule has 32 heavy (non-hydrogen) atoms. The number of likely N-dealkylation sites (N-methyl/N-ethyl adjacent to an activating group) is 1. The molecule has 0 spiro atoms. The predicted molar refractivity (Wildman–Crippen MR) is 117 cm³/mol. The Morgan fingerprint density at radius 2 is 1.59 bits per heavy atom. The quantitative estimate of drug-likeness (QED) is 0.677. The Labute approximate surface area is 192 Å². The first-order valence-electron chi connectivity index (χ1n) is 10.5. The van der Waals surface area contributed by atoms with Gasteiger partial charge < -0.3 is 28.8 Å². The highest BCUT2D eigenvalue weighted by atomic mass is 35.5. The monoisotopic (exact) mass is 463 g/mol. The minimum Gasteiger partial charge on any atom is -0.458 e. The van der Waals surface area contributed by atoms with Gasteiger partial charge in [0.05, 0.1) is 0 Å². The molecule has 2 aromatic rings. The molecule has 3 aliphatic rings. The van der Waals surface area contributed by atoms with Gasteiger partial charge in [0, 0.05) is 17.7 Å². The van der Waals surface area contributed by atoms with Crippen LogP contribution in [0.25, 0.3) is 0 Å². The van der Waals surface area contributed by atoms with Crippen LogP contribution < -0.4 is 18.9 Å². The van der Waals surface area contributed by atoms with Crippen molar-refractivity contribution >= 4 is 18.4 Å². The van der Waals surface area contributed by atoms with Crippen molar-refractivity contribution in [1.82, 2.24) is 4.90 Å². The smallest absolute Gasteiger partial charge is 0.348 e. The van der Waals surface area contributed by atoms with E-state index in [0.29, 0.717) is 40.7 Å². The normalized spacial score (nSPS) is 19.4. The summed E-state index contributed by atoms with van der Waals surface area (Å²) < 4.78 is 27.5. The van der Waals surface area contributed by atoms with Gasteiger partial charge in [-0.2, -0.15) is 0 Å². The zero-order valence-electron chi connectivity index (χ0n) is 17.7. The zero-order chi connectivity index (χ0) is 21.4. The van der Waals surface area contributed by atoms with Gasteiger partial charge >= 0.3 is 5.97 Å². The first-order chi connectivity index (χ1) is 15.1. The van der Waals surface area contributed by atoms with Gasteiger partial charge in [-0.25, -0.2) is 4.79 Å². The minimum atomic E-state index is -2.05. The molecule has 1 fully saturated rings. The van der Waals surface area contributed by atoms with Crippen molar-refractivity contribution in [1.29, 1.82) is 0 Å². The number of rotatable bonds is 5. The van der Waals surface area contributed by atoms with E-state index in [-0.39, 0.29) is 32.1 Å². The summed E-state index contributed by atoms with van der Waals surface area (Å²) in [5, 5.41) is 11.9. The molecule has 1 atom stereocenters. The van der Waals surface area contributed by atoms with E-state index in [9.17, 15) is 9.90 Å². The number of benzene rings is 2. The highest BCUT2D eigenvalue weighted by Gasteiger charge is 2.44. The van der Waals surface area contributed by atoms with E-state index >= 15 is 0 Å². The molecular formula is C23H26ClNO7. The minimum absolute atomic E-state index is 0.